The molecular formula is C24H25N5O3. The Morgan fingerprint density at radius 1 is 1.03 bits per heavy atom. The van der Waals surface area contributed by atoms with Gasteiger partial charge in [0.15, 0.2) is 5.58 Å². The van der Waals surface area contributed by atoms with Gasteiger partial charge in [-0.1, -0.05) is 6.08 Å². The Morgan fingerprint density at radius 2 is 1.94 bits per heavy atom. The third kappa shape index (κ3) is 3.36. The summed E-state index contributed by atoms with van der Waals surface area (Å²) in [5, 5.41) is 1.13. The van der Waals surface area contributed by atoms with Gasteiger partial charge in [-0.05, 0) is 36.3 Å². The number of nitrogens with zero attached hydrogens (tertiary/aromatic N) is 4. The highest BCUT2D eigenvalue weighted by Gasteiger charge is 2.20. The van der Waals surface area contributed by atoms with Crippen molar-refractivity contribution in [2.75, 3.05) is 56.3 Å². The van der Waals surface area contributed by atoms with E-state index in [0.717, 1.165) is 54.7 Å². The van der Waals surface area contributed by atoms with Gasteiger partial charge in [0.2, 0.25) is 5.88 Å². The van der Waals surface area contributed by atoms with Crippen molar-refractivity contribution >= 4 is 39.4 Å². The number of methoxy groups -OCH3 is 1. The number of rotatable bonds is 4. The lowest BCUT2D eigenvalue weighted by Gasteiger charge is -2.28. The van der Waals surface area contributed by atoms with Crippen LogP contribution in [0, 0.1) is 0 Å². The van der Waals surface area contributed by atoms with E-state index < -0.39 is 0 Å². The van der Waals surface area contributed by atoms with Crippen LogP contribution in [0.2, 0.25) is 0 Å². The predicted octanol–water partition coefficient (Wildman–Crippen LogP) is 3.84. The van der Waals surface area contributed by atoms with Crippen LogP contribution in [0.15, 0.2) is 47.0 Å². The van der Waals surface area contributed by atoms with E-state index in [1.807, 2.05) is 18.3 Å². The van der Waals surface area contributed by atoms with Crippen LogP contribution in [0.5, 0.6) is 5.88 Å². The number of aromatic amines is 1. The second-order valence-electron chi connectivity index (χ2n) is 8.13. The molecule has 164 valence electrons. The van der Waals surface area contributed by atoms with Gasteiger partial charge < -0.3 is 28.7 Å². The van der Waals surface area contributed by atoms with Crippen molar-refractivity contribution in [1.29, 1.82) is 0 Å². The molecule has 0 amide bonds. The van der Waals surface area contributed by atoms with E-state index in [4.69, 9.17) is 18.9 Å². The molecule has 8 nitrogen and oxygen atoms in total. The third-order valence-corrected chi connectivity index (χ3v) is 6.28. The van der Waals surface area contributed by atoms with Gasteiger partial charge in [0, 0.05) is 55.1 Å². The van der Waals surface area contributed by atoms with Gasteiger partial charge in [0.05, 0.1) is 20.3 Å². The van der Waals surface area contributed by atoms with Crippen molar-refractivity contribution in [2.24, 2.45) is 0 Å². The number of aromatic nitrogens is 3. The Labute approximate surface area is 185 Å². The van der Waals surface area contributed by atoms with E-state index in [1.165, 1.54) is 16.8 Å². The zero-order valence-electron chi connectivity index (χ0n) is 18.0. The fourth-order valence-electron chi connectivity index (χ4n) is 4.50. The predicted molar refractivity (Wildman–Crippen MR) is 124 cm³/mol. The maximum atomic E-state index is 5.98. The number of H-pyrrole nitrogens is 1. The van der Waals surface area contributed by atoms with E-state index >= 15 is 0 Å². The number of hydrogen-bond donors (Lipinski definition) is 1. The Balaban J connectivity index is 1.22. The van der Waals surface area contributed by atoms with Crippen LogP contribution in [0.4, 0.5) is 11.7 Å². The molecule has 0 unspecified atom stereocenters. The number of hydrogen-bond acceptors (Lipinski definition) is 7. The fourth-order valence-corrected chi connectivity index (χ4v) is 4.50. The minimum Gasteiger partial charge on any atom is -0.481 e. The van der Waals surface area contributed by atoms with Crippen molar-refractivity contribution in [3.63, 3.8) is 0 Å². The first-order valence-corrected chi connectivity index (χ1v) is 11.0. The topological polar surface area (TPSA) is 79.6 Å². The summed E-state index contributed by atoms with van der Waals surface area (Å²) >= 11 is 0. The highest BCUT2D eigenvalue weighted by atomic mass is 16.5. The zero-order valence-corrected chi connectivity index (χ0v) is 18.0. The molecule has 5 heterocycles. The van der Waals surface area contributed by atoms with Crippen molar-refractivity contribution in [2.45, 2.75) is 6.42 Å². The average Bonchev–Trinajstić information content (AvgIpc) is 3.48. The second kappa shape index (κ2) is 7.87. The fraction of sp³-hybridized carbons (Fsp3) is 0.333. The first-order chi connectivity index (χ1) is 15.8. The normalized spacial score (nSPS) is 17.2. The lowest BCUT2D eigenvalue weighted by atomic mass is 9.99. The molecule has 2 aliphatic rings. The highest BCUT2D eigenvalue weighted by Crippen LogP contribution is 2.32. The lowest BCUT2D eigenvalue weighted by Crippen LogP contribution is -2.36. The molecule has 0 bridgehead atoms. The second-order valence-corrected chi connectivity index (χ2v) is 8.13. The molecule has 1 saturated heterocycles. The number of fused-ring (bicyclic) bond motifs is 2. The van der Waals surface area contributed by atoms with Crippen molar-refractivity contribution in [1.82, 2.24) is 15.0 Å². The quantitative estimate of drug-likeness (QED) is 0.526. The SMILES string of the molecule is COc1ccc2c(C3=CCN(c4ccc5oc(N6CCOCC6)nc5c4)CC3)c[nH]c2n1. The van der Waals surface area contributed by atoms with Crippen LogP contribution >= 0.6 is 0 Å². The Bertz CT molecular complexity index is 1300. The van der Waals surface area contributed by atoms with Crippen molar-refractivity contribution in [3.05, 3.63) is 48.2 Å². The number of morpholine rings is 1. The first-order valence-electron chi connectivity index (χ1n) is 11.0. The van der Waals surface area contributed by atoms with Gasteiger partial charge >= 0.3 is 0 Å². The molecule has 0 aliphatic carbocycles. The summed E-state index contributed by atoms with van der Waals surface area (Å²) in [4.78, 5) is 17.0. The maximum Gasteiger partial charge on any atom is 0.298 e. The largest absolute Gasteiger partial charge is 0.481 e. The van der Waals surface area contributed by atoms with Gasteiger partial charge in [0.1, 0.15) is 11.2 Å². The maximum absolute atomic E-state index is 5.98. The molecule has 1 aromatic carbocycles. The molecule has 4 aromatic rings. The first kappa shape index (κ1) is 19.2. The summed E-state index contributed by atoms with van der Waals surface area (Å²) in [6, 6.07) is 10.9. The molecule has 0 saturated carbocycles. The van der Waals surface area contributed by atoms with E-state index in [0.29, 0.717) is 25.1 Å². The minimum atomic E-state index is 0.620. The third-order valence-electron chi connectivity index (χ3n) is 6.28. The standard InChI is InChI=1S/C24H25N5O3/c1-30-22-5-3-18-19(15-25-23(18)27-22)16-6-8-28(9-7-16)17-2-4-21-20(14-17)26-24(32-21)29-10-12-31-13-11-29/h2-6,14-15H,7-13H2,1H3,(H,25,27). The van der Waals surface area contributed by atoms with Gasteiger partial charge in [-0.25, -0.2) is 0 Å². The van der Waals surface area contributed by atoms with Crippen molar-refractivity contribution < 1.29 is 13.9 Å². The van der Waals surface area contributed by atoms with Crippen LogP contribution < -0.4 is 14.5 Å². The van der Waals surface area contributed by atoms with Gasteiger partial charge in [-0.2, -0.15) is 9.97 Å². The van der Waals surface area contributed by atoms with Crippen LogP contribution in [0.3, 0.4) is 0 Å². The lowest BCUT2D eigenvalue weighted by molar-refractivity contribution is 0.120. The molecular weight excluding hydrogens is 406 g/mol. The molecule has 1 fully saturated rings. The van der Waals surface area contributed by atoms with Crippen molar-refractivity contribution in [3.8, 4) is 5.88 Å². The molecule has 2 aliphatic heterocycles. The summed E-state index contributed by atoms with van der Waals surface area (Å²) in [6.07, 6.45) is 5.32. The Morgan fingerprint density at radius 3 is 2.75 bits per heavy atom. The zero-order chi connectivity index (χ0) is 21.5. The van der Waals surface area contributed by atoms with E-state index in [1.54, 1.807) is 7.11 Å². The van der Waals surface area contributed by atoms with E-state index in [2.05, 4.69) is 44.0 Å². The van der Waals surface area contributed by atoms with Crippen LogP contribution in [-0.2, 0) is 4.74 Å². The van der Waals surface area contributed by atoms with Crippen LogP contribution in [-0.4, -0.2) is 61.5 Å². The molecule has 1 N–H and O–H groups in total. The Kier molecular flexibility index (Phi) is 4.72. The summed E-state index contributed by atoms with van der Waals surface area (Å²) in [7, 11) is 1.64. The number of anilines is 2. The van der Waals surface area contributed by atoms with E-state index in [-0.39, 0.29) is 0 Å². The number of oxazole rings is 1. The molecule has 0 atom stereocenters. The van der Waals surface area contributed by atoms with E-state index in [9.17, 15) is 0 Å². The molecule has 32 heavy (non-hydrogen) atoms. The summed E-state index contributed by atoms with van der Waals surface area (Å²) in [6.45, 7) is 4.86. The van der Waals surface area contributed by atoms with Gasteiger partial charge in [-0.15, -0.1) is 0 Å². The summed E-state index contributed by atoms with van der Waals surface area (Å²) in [5.41, 5.74) is 6.31. The monoisotopic (exact) mass is 431 g/mol. The summed E-state index contributed by atoms with van der Waals surface area (Å²) in [5.74, 6) is 0.620. The number of nitrogens with one attached hydrogen (secondary N) is 1. The molecule has 0 radical (unpaired) electrons. The number of pyridine rings is 1. The van der Waals surface area contributed by atoms with Crippen LogP contribution in [0.25, 0.3) is 27.7 Å². The molecule has 6 rings (SSSR count). The number of ether oxygens (including phenoxy) is 2. The highest BCUT2D eigenvalue weighted by molar-refractivity contribution is 5.91. The Hall–Kier alpha value is -3.52. The minimum absolute atomic E-state index is 0.620. The van der Waals surface area contributed by atoms with Gasteiger partial charge in [0.25, 0.3) is 6.01 Å². The summed E-state index contributed by atoms with van der Waals surface area (Å²) < 4.78 is 16.6. The molecule has 0 spiro atoms. The molecule has 8 heteroatoms. The average molecular weight is 431 g/mol. The number of benzene rings is 1. The van der Waals surface area contributed by atoms with Crippen LogP contribution in [0.1, 0.15) is 12.0 Å². The molecule has 3 aromatic heterocycles. The smallest absolute Gasteiger partial charge is 0.298 e. The van der Waals surface area contributed by atoms with Gasteiger partial charge in [-0.3, -0.25) is 0 Å².